The van der Waals surface area contributed by atoms with E-state index in [4.69, 9.17) is 23.7 Å². The molecule has 0 saturated heterocycles. The molecule has 0 aromatic heterocycles. The Labute approximate surface area is 233 Å². The van der Waals surface area contributed by atoms with Gasteiger partial charge in [0.15, 0.2) is 28.7 Å². The Bertz CT molecular complexity index is 1640. The summed E-state index contributed by atoms with van der Waals surface area (Å²) in [5, 5.41) is 10.9. The summed E-state index contributed by atoms with van der Waals surface area (Å²) in [5.74, 6) is -1.13. The lowest BCUT2D eigenvalue weighted by Crippen LogP contribution is -2.07. The summed E-state index contributed by atoms with van der Waals surface area (Å²) in [4.78, 5) is 50.8. The first-order chi connectivity index (χ1) is 19.7. The van der Waals surface area contributed by atoms with Gasteiger partial charge in [0.1, 0.15) is 0 Å². The first kappa shape index (κ1) is 28.2. The highest BCUT2D eigenvalue weighted by Crippen LogP contribution is 2.32. The molecule has 1 aliphatic heterocycles. The number of hydrogen-bond acceptors (Lipinski definition) is 11. The molecule has 3 aromatic rings. The number of nitro benzene ring substituents is 1. The molecule has 12 heteroatoms. The van der Waals surface area contributed by atoms with Crippen LogP contribution in [0.1, 0.15) is 23.6 Å². The summed E-state index contributed by atoms with van der Waals surface area (Å²) in [7, 11) is 2.79. The number of methoxy groups -OCH3 is 2. The third-order valence-corrected chi connectivity index (χ3v) is 5.48. The topological polar surface area (TPSA) is 153 Å². The molecule has 1 aliphatic rings. The Balaban J connectivity index is 1.50. The van der Waals surface area contributed by atoms with Gasteiger partial charge < -0.3 is 23.7 Å². The maximum atomic E-state index is 12.5. The van der Waals surface area contributed by atoms with E-state index in [0.717, 1.165) is 6.08 Å². The predicted molar refractivity (Wildman–Crippen MR) is 146 cm³/mol. The van der Waals surface area contributed by atoms with Crippen molar-refractivity contribution >= 4 is 41.6 Å². The summed E-state index contributed by atoms with van der Waals surface area (Å²) in [6.07, 6.45) is 3.99. The lowest BCUT2D eigenvalue weighted by Gasteiger charge is -2.09. The van der Waals surface area contributed by atoms with E-state index >= 15 is 0 Å². The van der Waals surface area contributed by atoms with Gasteiger partial charge in [0, 0.05) is 30.7 Å². The Morgan fingerprint density at radius 1 is 0.902 bits per heavy atom. The van der Waals surface area contributed by atoms with Crippen molar-refractivity contribution in [2.24, 2.45) is 4.99 Å². The Morgan fingerprint density at radius 2 is 1.61 bits per heavy atom. The van der Waals surface area contributed by atoms with Crippen LogP contribution in [0.5, 0.6) is 23.0 Å². The van der Waals surface area contributed by atoms with Crippen molar-refractivity contribution in [1.82, 2.24) is 0 Å². The number of aliphatic imine (C=N–C) groups is 1. The summed E-state index contributed by atoms with van der Waals surface area (Å²) in [6, 6.07) is 15.0. The van der Waals surface area contributed by atoms with E-state index in [0.29, 0.717) is 16.7 Å². The number of ether oxygens (including phenoxy) is 5. The van der Waals surface area contributed by atoms with Gasteiger partial charge in [-0.05, 0) is 53.6 Å². The fourth-order valence-electron chi connectivity index (χ4n) is 3.64. The zero-order valence-corrected chi connectivity index (χ0v) is 22.0. The molecule has 0 radical (unpaired) electrons. The molecule has 0 amide bonds. The first-order valence-electron chi connectivity index (χ1n) is 11.9. The fourth-order valence-corrected chi connectivity index (χ4v) is 3.64. The zero-order valence-electron chi connectivity index (χ0n) is 22.0. The Hall–Kier alpha value is -5.78. The van der Waals surface area contributed by atoms with Crippen LogP contribution < -0.4 is 18.9 Å². The lowest BCUT2D eigenvalue weighted by atomic mass is 10.1. The molecule has 0 fully saturated rings. The van der Waals surface area contributed by atoms with Crippen molar-refractivity contribution in [3.05, 3.63) is 99.2 Å². The van der Waals surface area contributed by atoms with Gasteiger partial charge in [0.25, 0.3) is 5.69 Å². The Kier molecular flexibility index (Phi) is 8.53. The molecule has 208 valence electrons. The fraction of sp³-hybridized carbons (Fsp3) is 0.103. The first-order valence-corrected chi connectivity index (χ1v) is 11.9. The summed E-state index contributed by atoms with van der Waals surface area (Å²) in [5.41, 5.74) is 1.29. The Morgan fingerprint density at radius 3 is 2.32 bits per heavy atom. The van der Waals surface area contributed by atoms with Crippen LogP contribution >= 0.6 is 0 Å². The van der Waals surface area contributed by atoms with Crippen LogP contribution in [0.2, 0.25) is 0 Å². The molecule has 41 heavy (non-hydrogen) atoms. The molecule has 0 spiro atoms. The SMILES string of the molecule is COc1cc(C2=N/C(=C\c3ccc(OC(=O)/C=C/c4cccc([N+](=O)[O-])c4)c(OC)c3)C(=O)O2)ccc1OC(C)=O. The number of hydrogen-bond donors (Lipinski definition) is 0. The molecule has 12 nitrogen and oxygen atoms in total. The highest BCUT2D eigenvalue weighted by atomic mass is 16.6. The summed E-state index contributed by atoms with van der Waals surface area (Å²) in [6.45, 7) is 1.26. The molecule has 0 saturated carbocycles. The predicted octanol–water partition coefficient (Wildman–Crippen LogP) is 4.50. The van der Waals surface area contributed by atoms with Gasteiger partial charge in [-0.3, -0.25) is 14.9 Å². The quantitative estimate of drug-likeness (QED) is 0.121. The smallest absolute Gasteiger partial charge is 0.363 e. The van der Waals surface area contributed by atoms with Crippen LogP contribution in [-0.4, -0.2) is 42.9 Å². The minimum absolute atomic E-state index is 0.00900. The second kappa shape index (κ2) is 12.4. The second-order valence-electron chi connectivity index (χ2n) is 8.31. The molecule has 4 rings (SSSR count). The van der Waals surface area contributed by atoms with E-state index in [1.807, 2.05) is 0 Å². The van der Waals surface area contributed by atoms with Gasteiger partial charge >= 0.3 is 17.9 Å². The van der Waals surface area contributed by atoms with E-state index in [9.17, 15) is 24.5 Å². The average Bonchev–Trinajstić information content (AvgIpc) is 3.32. The van der Waals surface area contributed by atoms with Gasteiger partial charge in [-0.1, -0.05) is 18.2 Å². The largest absolute Gasteiger partial charge is 0.493 e. The van der Waals surface area contributed by atoms with Crippen LogP contribution in [0.3, 0.4) is 0 Å². The standard InChI is InChI=1S/C29H22N2O10/c1-17(32)39-23-11-9-20(16-26(23)38-3)28-30-22(29(34)41-28)14-19-7-10-24(25(15-19)37-2)40-27(33)12-8-18-5-4-6-21(13-18)31(35)36/h4-16H,1-3H3/b12-8+,22-14-. The number of carbonyl (C=O) groups excluding carboxylic acids is 3. The van der Waals surface area contributed by atoms with Crippen molar-refractivity contribution < 1.29 is 43.0 Å². The number of esters is 3. The van der Waals surface area contributed by atoms with Gasteiger partial charge in [-0.15, -0.1) is 0 Å². The van der Waals surface area contributed by atoms with Crippen molar-refractivity contribution in [3.8, 4) is 23.0 Å². The van der Waals surface area contributed by atoms with Gasteiger partial charge in [-0.2, -0.15) is 0 Å². The number of rotatable bonds is 9. The zero-order chi connectivity index (χ0) is 29.5. The van der Waals surface area contributed by atoms with E-state index in [2.05, 4.69) is 4.99 Å². The van der Waals surface area contributed by atoms with Gasteiger partial charge in [-0.25, -0.2) is 14.6 Å². The van der Waals surface area contributed by atoms with Crippen molar-refractivity contribution in [2.45, 2.75) is 6.92 Å². The molecule has 1 heterocycles. The molecule has 0 N–H and O–H groups in total. The van der Waals surface area contributed by atoms with Crippen LogP contribution in [0, 0.1) is 10.1 Å². The number of non-ortho nitro benzene ring substituents is 1. The number of nitrogens with zero attached hydrogens (tertiary/aromatic N) is 2. The van der Waals surface area contributed by atoms with Gasteiger partial charge in [0.05, 0.1) is 19.1 Å². The third kappa shape index (κ3) is 7.00. The maximum absolute atomic E-state index is 12.5. The molecule has 0 unspecified atom stereocenters. The van der Waals surface area contributed by atoms with Crippen LogP contribution in [0.15, 0.2) is 77.4 Å². The molecule has 0 aliphatic carbocycles. The maximum Gasteiger partial charge on any atom is 0.363 e. The van der Waals surface area contributed by atoms with Gasteiger partial charge in [0.2, 0.25) is 5.90 Å². The highest BCUT2D eigenvalue weighted by molar-refractivity contribution is 6.13. The lowest BCUT2D eigenvalue weighted by molar-refractivity contribution is -0.384. The monoisotopic (exact) mass is 558 g/mol. The number of nitro groups is 1. The molecule has 0 atom stereocenters. The average molecular weight is 558 g/mol. The normalized spacial score (nSPS) is 13.5. The van der Waals surface area contributed by atoms with E-state index in [1.54, 1.807) is 18.2 Å². The third-order valence-electron chi connectivity index (χ3n) is 5.48. The number of benzene rings is 3. The second-order valence-corrected chi connectivity index (χ2v) is 8.31. The van der Waals surface area contributed by atoms with Crippen molar-refractivity contribution in [3.63, 3.8) is 0 Å². The summed E-state index contributed by atoms with van der Waals surface area (Å²) < 4.78 is 26.3. The minimum atomic E-state index is -0.732. The van der Waals surface area contributed by atoms with E-state index in [1.165, 1.54) is 75.8 Å². The molecule has 0 bridgehead atoms. The van der Waals surface area contributed by atoms with Crippen LogP contribution in [0.25, 0.3) is 12.2 Å². The number of cyclic esters (lactones) is 1. The summed E-state index contributed by atoms with van der Waals surface area (Å²) >= 11 is 0. The minimum Gasteiger partial charge on any atom is -0.493 e. The van der Waals surface area contributed by atoms with E-state index in [-0.39, 0.29) is 40.3 Å². The molecular formula is C29H22N2O10. The molecule has 3 aromatic carbocycles. The van der Waals surface area contributed by atoms with Crippen molar-refractivity contribution in [1.29, 1.82) is 0 Å². The van der Waals surface area contributed by atoms with Crippen molar-refractivity contribution in [2.75, 3.05) is 14.2 Å². The van der Waals surface area contributed by atoms with E-state index < -0.39 is 22.8 Å². The number of carbonyl (C=O) groups is 3. The van der Waals surface area contributed by atoms with Crippen LogP contribution in [0.4, 0.5) is 5.69 Å². The molecular weight excluding hydrogens is 536 g/mol. The van der Waals surface area contributed by atoms with Crippen LogP contribution in [-0.2, 0) is 19.1 Å². The highest BCUT2D eigenvalue weighted by Gasteiger charge is 2.25.